The predicted octanol–water partition coefficient (Wildman–Crippen LogP) is 3.54. The van der Waals surface area contributed by atoms with Crippen LogP contribution < -0.4 is 5.32 Å². The first-order valence-electron chi connectivity index (χ1n) is 7.89. The highest BCUT2D eigenvalue weighted by Crippen LogP contribution is 2.27. The molecule has 2 aromatic heterocycles. The lowest BCUT2D eigenvalue weighted by Crippen LogP contribution is -2.21. The van der Waals surface area contributed by atoms with Gasteiger partial charge in [-0.2, -0.15) is 9.78 Å². The molecule has 3 aromatic rings. The maximum absolute atomic E-state index is 13.0. The summed E-state index contributed by atoms with van der Waals surface area (Å²) in [5.74, 6) is -1.06. The number of aromatic nitrogens is 4. The quantitative estimate of drug-likeness (QED) is 0.437. The summed E-state index contributed by atoms with van der Waals surface area (Å²) in [6.45, 7) is 1.69. The van der Waals surface area contributed by atoms with Crippen molar-refractivity contribution < 1.29 is 14.1 Å². The normalized spacial score (nSPS) is 10.9. The van der Waals surface area contributed by atoms with E-state index in [1.807, 2.05) is 0 Å². The second-order valence-electron chi connectivity index (χ2n) is 5.84. The smallest absolute Gasteiger partial charge is 0.358 e. The third-order valence-electron chi connectivity index (χ3n) is 3.82. The Labute approximate surface area is 171 Å². The van der Waals surface area contributed by atoms with E-state index in [1.165, 1.54) is 27.7 Å². The van der Waals surface area contributed by atoms with Crippen LogP contribution in [0, 0.1) is 22.9 Å². The van der Waals surface area contributed by atoms with Gasteiger partial charge in [0.15, 0.2) is 5.82 Å². The number of benzene rings is 1. The molecule has 146 valence electrons. The number of carbonyl (C=O) groups is 1. The second kappa shape index (κ2) is 8.07. The molecule has 9 nitrogen and oxygen atoms in total. The van der Waals surface area contributed by atoms with Gasteiger partial charge >= 0.3 is 5.82 Å². The monoisotopic (exact) mass is 470 g/mol. The summed E-state index contributed by atoms with van der Waals surface area (Å²) in [5, 5.41) is 21.7. The third-order valence-corrected chi connectivity index (χ3v) is 5.02. The van der Waals surface area contributed by atoms with Crippen molar-refractivity contribution in [3.05, 3.63) is 67.1 Å². The van der Waals surface area contributed by atoms with E-state index in [2.05, 4.69) is 31.4 Å². The molecule has 2 heterocycles. The van der Waals surface area contributed by atoms with Crippen molar-refractivity contribution in [3.8, 4) is 0 Å². The molecule has 1 aromatic carbocycles. The average Bonchev–Trinajstić information content (AvgIpc) is 3.11. The molecular formula is C16H13BrClFN6O3. The summed E-state index contributed by atoms with van der Waals surface area (Å²) in [7, 11) is 0. The van der Waals surface area contributed by atoms with Crippen LogP contribution in [0.4, 0.5) is 16.0 Å². The second-order valence-corrected chi connectivity index (χ2v) is 7.04. The van der Waals surface area contributed by atoms with Crippen molar-refractivity contribution in [3.63, 3.8) is 0 Å². The zero-order valence-electron chi connectivity index (χ0n) is 14.4. The van der Waals surface area contributed by atoms with Crippen molar-refractivity contribution in [2.45, 2.75) is 20.0 Å². The molecule has 0 unspecified atom stereocenters. The fourth-order valence-electron chi connectivity index (χ4n) is 2.43. The van der Waals surface area contributed by atoms with Crippen LogP contribution in [-0.2, 0) is 17.9 Å². The Hall–Kier alpha value is -2.79. The van der Waals surface area contributed by atoms with Crippen molar-refractivity contribution in [2.24, 2.45) is 0 Å². The molecule has 1 N–H and O–H groups in total. The standard InChI is InChI=1S/C16H13BrClFN6O3/c1-9-14(17)16(25(27)28)22-24(9)8-13(26)20-15-12(18)7-23(21-15)6-10-2-4-11(19)5-3-10/h2-5,7H,6,8H2,1H3,(H,20,21,26). The number of carbonyl (C=O) groups excluding carboxylic acids is 1. The summed E-state index contributed by atoms with van der Waals surface area (Å²) in [6, 6.07) is 5.92. The van der Waals surface area contributed by atoms with E-state index in [-0.39, 0.29) is 33.5 Å². The lowest BCUT2D eigenvalue weighted by atomic mass is 10.2. The molecular weight excluding hydrogens is 459 g/mol. The van der Waals surface area contributed by atoms with E-state index in [0.717, 1.165) is 5.56 Å². The Bertz CT molecular complexity index is 1050. The van der Waals surface area contributed by atoms with Crippen LogP contribution in [0.15, 0.2) is 34.9 Å². The van der Waals surface area contributed by atoms with E-state index in [1.54, 1.807) is 19.1 Å². The molecule has 0 saturated carbocycles. The first-order chi connectivity index (χ1) is 13.2. The number of nitro groups is 1. The van der Waals surface area contributed by atoms with Crippen LogP contribution in [-0.4, -0.2) is 30.4 Å². The van der Waals surface area contributed by atoms with E-state index in [0.29, 0.717) is 12.2 Å². The highest BCUT2D eigenvalue weighted by Gasteiger charge is 2.25. The Morgan fingerprint density at radius 3 is 2.64 bits per heavy atom. The largest absolute Gasteiger partial charge is 0.404 e. The van der Waals surface area contributed by atoms with Gasteiger partial charge in [-0.25, -0.2) is 4.39 Å². The SMILES string of the molecule is Cc1c(Br)c([N+](=O)[O-])nn1CC(=O)Nc1nn(Cc2ccc(F)cc2)cc1Cl. The van der Waals surface area contributed by atoms with Crippen molar-refractivity contribution in [2.75, 3.05) is 5.32 Å². The summed E-state index contributed by atoms with van der Waals surface area (Å²) < 4.78 is 15.9. The van der Waals surface area contributed by atoms with Crippen LogP contribution in [0.5, 0.6) is 0 Å². The van der Waals surface area contributed by atoms with Crippen LogP contribution in [0.2, 0.25) is 5.02 Å². The first kappa shape index (κ1) is 20.0. The maximum atomic E-state index is 13.0. The molecule has 0 aliphatic heterocycles. The minimum atomic E-state index is -0.639. The Kier molecular flexibility index (Phi) is 5.75. The molecule has 12 heteroatoms. The van der Waals surface area contributed by atoms with Gasteiger partial charge in [-0.05, 0) is 45.5 Å². The minimum absolute atomic E-state index is 0.146. The molecule has 0 fully saturated rings. The molecule has 0 saturated heterocycles. The fraction of sp³-hybridized carbons (Fsp3) is 0.188. The number of amides is 1. The van der Waals surface area contributed by atoms with Gasteiger partial charge in [0, 0.05) is 6.20 Å². The number of hydrogen-bond acceptors (Lipinski definition) is 5. The number of hydrogen-bond donors (Lipinski definition) is 1. The Balaban J connectivity index is 1.69. The number of anilines is 1. The molecule has 0 aliphatic carbocycles. The molecule has 3 rings (SSSR count). The first-order valence-corrected chi connectivity index (χ1v) is 9.06. The predicted molar refractivity (Wildman–Crippen MR) is 103 cm³/mol. The van der Waals surface area contributed by atoms with Gasteiger partial charge in [0.05, 0.1) is 17.3 Å². The van der Waals surface area contributed by atoms with Gasteiger partial charge in [0.25, 0.3) is 0 Å². The van der Waals surface area contributed by atoms with Crippen LogP contribution in [0.3, 0.4) is 0 Å². The molecule has 0 spiro atoms. The fourth-order valence-corrected chi connectivity index (χ4v) is 3.05. The van der Waals surface area contributed by atoms with Gasteiger partial charge in [0.1, 0.15) is 21.9 Å². The number of rotatable bonds is 6. The van der Waals surface area contributed by atoms with Crippen LogP contribution >= 0.6 is 27.5 Å². The highest BCUT2D eigenvalue weighted by atomic mass is 79.9. The summed E-state index contributed by atoms with van der Waals surface area (Å²) in [6.07, 6.45) is 1.53. The van der Waals surface area contributed by atoms with E-state index in [9.17, 15) is 19.3 Å². The number of halogens is 3. The lowest BCUT2D eigenvalue weighted by molar-refractivity contribution is -0.390. The van der Waals surface area contributed by atoms with Crippen molar-refractivity contribution in [1.29, 1.82) is 0 Å². The van der Waals surface area contributed by atoms with Gasteiger partial charge in [-0.15, -0.1) is 0 Å². The summed E-state index contributed by atoms with van der Waals surface area (Å²) >= 11 is 9.20. The highest BCUT2D eigenvalue weighted by molar-refractivity contribution is 9.10. The van der Waals surface area contributed by atoms with Gasteiger partial charge in [-0.1, -0.05) is 23.7 Å². The maximum Gasteiger partial charge on any atom is 0.404 e. The van der Waals surface area contributed by atoms with Gasteiger partial charge < -0.3 is 15.4 Å². The Morgan fingerprint density at radius 2 is 2.04 bits per heavy atom. The Morgan fingerprint density at radius 1 is 1.36 bits per heavy atom. The molecule has 1 amide bonds. The zero-order chi connectivity index (χ0) is 20.4. The van der Waals surface area contributed by atoms with Crippen molar-refractivity contribution >= 4 is 45.1 Å². The molecule has 0 bridgehead atoms. The average molecular weight is 472 g/mol. The van der Waals surface area contributed by atoms with Crippen molar-refractivity contribution in [1.82, 2.24) is 19.6 Å². The van der Waals surface area contributed by atoms with Gasteiger partial charge in [0.2, 0.25) is 5.91 Å². The third kappa shape index (κ3) is 4.37. The van der Waals surface area contributed by atoms with Crippen LogP contribution in [0.25, 0.3) is 0 Å². The number of nitrogens with zero attached hydrogens (tertiary/aromatic N) is 5. The molecule has 0 aliphatic rings. The van der Waals surface area contributed by atoms with Crippen LogP contribution in [0.1, 0.15) is 11.3 Å². The molecule has 0 radical (unpaired) electrons. The topological polar surface area (TPSA) is 108 Å². The lowest BCUT2D eigenvalue weighted by Gasteiger charge is -2.03. The van der Waals surface area contributed by atoms with Gasteiger partial charge in [-0.3, -0.25) is 9.48 Å². The summed E-state index contributed by atoms with van der Waals surface area (Å²) in [4.78, 5) is 22.6. The van der Waals surface area contributed by atoms with E-state index < -0.39 is 10.8 Å². The molecule has 0 atom stereocenters. The van der Waals surface area contributed by atoms with E-state index >= 15 is 0 Å². The minimum Gasteiger partial charge on any atom is -0.358 e. The number of nitrogens with one attached hydrogen (secondary N) is 1. The van der Waals surface area contributed by atoms with E-state index in [4.69, 9.17) is 11.6 Å². The molecule has 28 heavy (non-hydrogen) atoms. The summed E-state index contributed by atoms with van der Waals surface area (Å²) in [5.41, 5.74) is 1.25. The zero-order valence-corrected chi connectivity index (χ0v) is 16.7.